The molecule has 11 heteroatoms. The van der Waals surface area contributed by atoms with Gasteiger partial charge in [-0.05, 0) is 25.5 Å². The van der Waals surface area contributed by atoms with Crippen molar-refractivity contribution in [1.82, 2.24) is 18.8 Å². The van der Waals surface area contributed by atoms with Gasteiger partial charge in [0.15, 0.2) is 14.9 Å². The molecule has 0 bridgehead atoms. The highest BCUT2D eigenvalue weighted by molar-refractivity contribution is 7.91. The molecule has 1 aliphatic heterocycles. The fourth-order valence-electron chi connectivity index (χ4n) is 3.29. The highest BCUT2D eigenvalue weighted by Gasteiger charge is 2.30. The molecule has 0 spiro atoms. The molecule has 0 atom stereocenters. The number of amides is 1. The predicted octanol–water partition coefficient (Wildman–Crippen LogP) is 0.816. The Hall–Kier alpha value is -2.24. The van der Waals surface area contributed by atoms with Crippen LogP contribution in [0.4, 0.5) is 0 Å². The van der Waals surface area contributed by atoms with Crippen LogP contribution in [0.2, 0.25) is 0 Å². The number of carbonyl (C=O) groups excluding carboxylic acids is 1. The smallest absolute Gasteiger partial charge is 0.262 e. The summed E-state index contributed by atoms with van der Waals surface area (Å²) < 4.78 is 53.5. The number of sulfone groups is 1. The van der Waals surface area contributed by atoms with Crippen LogP contribution in [0.3, 0.4) is 0 Å². The molecule has 0 radical (unpaired) electrons. The van der Waals surface area contributed by atoms with Gasteiger partial charge >= 0.3 is 0 Å². The highest BCUT2D eigenvalue weighted by atomic mass is 32.2. The molecular weight excluding hydrogens is 428 g/mol. The summed E-state index contributed by atoms with van der Waals surface area (Å²) in [6.07, 6.45) is 1.82. The normalized spacial score (nSPS) is 16.4. The first-order valence-corrected chi connectivity index (χ1v) is 12.8. The second-order valence-corrected chi connectivity index (χ2v) is 11.3. The van der Waals surface area contributed by atoms with Gasteiger partial charge in [-0.15, -0.1) is 0 Å². The van der Waals surface area contributed by atoms with Crippen LogP contribution in [-0.2, 0) is 31.7 Å². The van der Waals surface area contributed by atoms with Crippen molar-refractivity contribution in [2.24, 2.45) is 7.05 Å². The van der Waals surface area contributed by atoms with E-state index < -0.39 is 19.9 Å². The standard InChI is InChI=1S/C19H26N4O5S2/c1-16-20-18(15-21(16)2)30(27,28)23-11-6-10-22(12-13-23)19(24)9-14-29(25,26)17-7-4-3-5-8-17/h3-5,7-8,15H,6,9-14H2,1-2H3. The number of benzene rings is 1. The van der Waals surface area contributed by atoms with Gasteiger partial charge in [0, 0.05) is 45.8 Å². The van der Waals surface area contributed by atoms with E-state index in [-0.39, 0.29) is 47.6 Å². The third-order valence-electron chi connectivity index (χ3n) is 5.19. The van der Waals surface area contributed by atoms with Gasteiger partial charge in [-0.3, -0.25) is 4.79 Å². The van der Waals surface area contributed by atoms with Gasteiger partial charge in [0.2, 0.25) is 5.91 Å². The number of nitrogens with zero attached hydrogens (tertiary/aromatic N) is 4. The first kappa shape index (κ1) is 22.4. The van der Waals surface area contributed by atoms with Crippen molar-refractivity contribution in [2.45, 2.75) is 29.7 Å². The van der Waals surface area contributed by atoms with Crippen LogP contribution in [0.1, 0.15) is 18.7 Å². The van der Waals surface area contributed by atoms with Gasteiger partial charge in [0.25, 0.3) is 10.0 Å². The molecule has 9 nitrogen and oxygen atoms in total. The second-order valence-electron chi connectivity index (χ2n) is 7.26. The number of aromatic nitrogens is 2. The van der Waals surface area contributed by atoms with Crippen LogP contribution in [0.25, 0.3) is 0 Å². The molecule has 3 rings (SSSR count). The van der Waals surface area contributed by atoms with Crippen molar-refractivity contribution in [3.8, 4) is 0 Å². The number of sulfonamides is 1. The number of hydrogen-bond donors (Lipinski definition) is 0. The lowest BCUT2D eigenvalue weighted by molar-refractivity contribution is -0.130. The zero-order valence-electron chi connectivity index (χ0n) is 17.1. The first-order chi connectivity index (χ1) is 14.1. The Morgan fingerprint density at radius 1 is 1.03 bits per heavy atom. The van der Waals surface area contributed by atoms with E-state index in [9.17, 15) is 21.6 Å². The Morgan fingerprint density at radius 2 is 1.73 bits per heavy atom. The summed E-state index contributed by atoms with van der Waals surface area (Å²) in [5.74, 6) is 0.0314. The van der Waals surface area contributed by atoms with Crippen LogP contribution in [0.5, 0.6) is 0 Å². The Kier molecular flexibility index (Phi) is 6.63. The van der Waals surface area contributed by atoms with E-state index in [2.05, 4.69) is 4.98 Å². The van der Waals surface area contributed by atoms with Gasteiger partial charge < -0.3 is 9.47 Å². The van der Waals surface area contributed by atoms with E-state index in [1.165, 1.54) is 22.6 Å². The van der Waals surface area contributed by atoms with Crippen molar-refractivity contribution in [3.05, 3.63) is 42.4 Å². The average molecular weight is 455 g/mol. The molecular formula is C19H26N4O5S2. The molecule has 2 aromatic rings. The number of aryl methyl sites for hydroxylation is 2. The van der Waals surface area contributed by atoms with Gasteiger partial charge in [0.05, 0.1) is 10.6 Å². The third-order valence-corrected chi connectivity index (χ3v) is 8.69. The third kappa shape index (κ3) is 4.90. The average Bonchev–Trinajstić information content (AvgIpc) is 2.93. The molecule has 30 heavy (non-hydrogen) atoms. The van der Waals surface area contributed by atoms with Crippen molar-refractivity contribution < 1.29 is 21.6 Å². The Morgan fingerprint density at radius 3 is 2.37 bits per heavy atom. The van der Waals surface area contributed by atoms with Crippen LogP contribution >= 0.6 is 0 Å². The van der Waals surface area contributed by atoms with Crippen molar-refractivity contribution in [1.29, 1.82) is 0 Å². The van der Waals surface area contributed by atoms with Crippen LogP contribution in [0.15, 0.2) is 46.5 Å². The summed E-state index contributed by atoms with van der Waals surface area (Å²) in [4.78, 5) is 18.4. The number of imidazole rings is 1. The fraction of sp³-hybridized carbons (Fsp3) is 0.474. The lowest BCUT2D eigenvalue weighted by atomic mass is 10.3. The molecule has 0 N–H and O–H groups in total. The van der Waals surface area contributed by atoms with Crippen LogP contribution < -0.4 is 0 Å². The minimum Gasteiger partial charge on any atom is -0.341 e. The highest BCUT2D eigenvalue weighted by Crippen LogP contribution is 2.18. The summed E-state index contributed by atoms with van der Waals surface area (Å²) in [5, 5.41) is -0.00349. The maximum atomic E-state index is 12.9. The molecule has 1 aliphatic rings. The summed E-state index contributed by atoms with van der Waals surface area (Å²) >= 11 is 0. The molecule has 0 saturated carbocycles. The molecule has 1 saturated heterocycles. The second kappa shape index (κ2) is 8.86. The largest absolute Gasteiger partial charge is 0.341 e. The number of carbonyl (C=O) groups is 1. The van der Waals surface area contributed by atoms with Crippen molar-refractivity contribution in [2.75, 3.05) is 31.9 Å². The molecule has 0 aliphatic carbocycles. The van der Waals surface area contributed by atoms with Crippen LogP contribution in [-0.4, -0.2) is 73.4 Å². The predicted molar refractivity (Wildman–Crippen MR) is 111 cm³/mol. The Balaban J connectivity index is 1.61. The van der Waals surface area contributed by atoms with E-state index >= 15 is 0 Å². The quantitative estimate of drug-likeness (QED) is 0.639. The van der Waals surface area contributed by atoms with Gasteiger partial charge in [0.1, 0.15) is 5.82 Å². The lowest BCUT2D eigenvalue weighted by Crippen LogP contribution is -2.38. The summed E-state index contributed by atoms with van der Waals surface area (Å²) in [7, 11) is -5.55. The number of rotatable bonds is 6. The van der Waals surface area contributed by atoms with E-state index in [0.29, 0.717) is 18.8 Å². The van der Waals surface area contributed by atoms with E-state index in [4.69, 9.17) is 0 Å². The monoisotopic (exact) mass is 454 g/mol. The number of hydrogen-bond acceptors (Lipinski definition) is 6. The van der Waals surface area contributed by atoms with Crippen LogP contribution in [0, 0.1) is 6.92 Å². The zero-order valence-corrected chi connectivity index (χ0v) is 18.7. The summed E-state index contributed by atoms with van der Waals surface area (Å²) in [6, 6.07) is 8.03. The maximum absolute atomic E-state index is 12.9. The van der Waals surface area contributed by atoms with Gasteiger partial charge in [-0.2, -0.15) is 4.31 Å². The molecule has 1 amide bonds. The van der Waals surface area contributed by atoms with Gasteiger partial charge in [-0.1, -0.05) is 18.2 Å². The SMILES string of the molecule is Cc1nc(S(=O)(=O)N2CCCN(C(=O)CCS(=O)(=O)c3ccccc3)CC2)cn1C. The van der Waals surface area contributed by atoms with Gasteiger partial charge in [-0.25, -0.2) is 21.8 Å². The van der Waals surface area contributed by atoms with E-state index in [1.54, 1.807) is 41.6 Å². The van der Waals surface area contributed by atoms with Crippen molar-refractivity contribution >= 4 is 25.8 Å². The van der Waals surface area contributed by atoms with E-state index in [1.807, 2.05) is 0 Å². The zero-order chi connectivity index (χ0) is 21.9. The molecule has 2 heterocycles. The summed E-state index contributed by atoms with van der Waals surface area (Å²) in [6.45, 7) is 2.76. The van der Waals surface area contributed by atoms with Crippen molar-refractivity contribution in [3.63, 3.8) is 0 Å². The Bertz CT molecular complexity index is 1090. The lowest BCUT2D eigenvalue weighted by Gasteiger charge is -2.21. The first-order valence-electron chi connectivity index (χ1n) is 9.67. The minimum atomic E-state index is -3.74. The molecule has 1 fully saturated rings. The summed E-state index contributed by atoms with van der Waals surface area (Å²) in [5.41, 5.74) is 0. The molecule has 1 aromatic carbocycles. The topological polar surface area (TPSA) is 110 Å². The maximum Gasteiger partial charge on any atom is 0.262 e. The Labute approximate surface area is 177 Å². The van der Waals surface area contributed by atoms with E-state index in [0.717, 1.165) is 0 Å². The molecule has 1 aromatic heterocycles. The molecule has 0 unspecified atom stereocenters. The molecule has 164 valence electrons. The fourth-order valence-corrected chi connectivity index (χ4v) is 6.04. The minimum absolute atomic E-state index is 0.00349.